The Labute approximate surface area is 143 Å². The number of benzene rings is 2. The lowest BCUT2D eigenvalue weighted by molar-refractivity contribution is -0.137. The van der Waals surface area contributed by atoms with Crippen LogP contribution in [0.25, 0.3) is 0 Å². The maximum Gasteiger partial charge on any atom is 0.416 e. The maximum absolute atomic E-state index is 12.8. The molecular formula is C19H17ClF3N. The van der Waals surface area contributed by atoms with Gasteiger partial charge in [-0.05, 0) is 66.3 Å². The first kappa shape index (κ1) is 16.0. The number of piperidine rings is 1. The zero-order chi connectivity index (χ0) is 16.9. The Morgan fingerprint density at radius 2 is 1.75 bits per heavy atom. The minimum atomic E-state index is -4.30. The molecule has 1 heterocycles. The standard InChI is InChI=1S/C19H17ClF3N/c20-13-7-8-14-16(10-13)18-15(2-1-9-24-18)17(14)11-3-5-12(6-4-11)19(21,22)23/h3-8,10,15,17-18,24H,1-2,9H2. The van der Waals surface area contributed by atoms with Crippen molar-refractivity contribution in [1.29, 1.82) is 0 Å². The zero-order valence-corrected chi connectivity index (χ0v) is 13.7. The molecule has 5 heteroatoms. The summed E-state index contributed by atoms with van der Waals surface area (Å²) in [4.78, 5) is 0. The van der Waals surface area contributed by atoms with Crippen molar-refractivity contribution in [2.75, 3.05) is 6.54 Å². The van der Waals surface area contributed by atoms with Gasteiger partial charge >= 0.3 is 6.18 Å². The summed E-state index contributed by atoms with van der Waals surface area (Å²) in [6.45, 7) is 0.965. The van der Waals surface area contributed by atoms with E-state index in [-0.39, 0.29) is 12.0 Å². The lowest BCUT2D eigenvalue weighted by atomic mass is 9.80. The highest BCUT2D eigenvalue weighted by Gasteiger charge is 2.42. The molecule has 2 aromatic rings. The van der Waals surface area contributed by atoms with Gasteiger partial charge in [0.25, 0.3) is 0 Å². The van der Waals surface area contributed by atoms with E-state index in [1.165, 1.54) is 23.3 Å². The van der Waals surface area contributed by atoms with Crippen LogP contribution in [0.1, 0.15) is 47.1 Å². The van der Waals surface area contributed by atoms with Crippen LogP contribution >= 0.6 is 11.6 Å². The van der Waals surface area contributed by atoms with E-state index in [1.807, 2.05) is 18.2 Å². The molecule has 0 amide bonds. The normalized spacial score (nSPS) is 26.1. The van der Waals surface area contributed by atoms with Gasteiger partial charge in [0.05, 0.1) is 5.56 Å². The lowest BCUT2D eigenvalue weighted by Gasteiger charge is -2.31. The first-order valence-electron chi connectivity index (χ1n) is 8.15. The van der Waals surface area contributed by atoms with Crippen LogP contribution in [0, 0.1) is 5.92 Å². The largest absolute Gasteiger partial charge is 0.416 e. The molecule has 0 radical (unpaired) electrons. The van der Waals surface area contributed by atoms with Crippen LogP contribution in [-0.2, 0) is 6.18 Å². The van der Waals surface area contributed by atoms with Gasteiger partial charge in [-0.1, -0.05) is 29.8 Å². The topological polar surface area (TPSA) is 12.0 Å². The molecule has 2 aliphatic rings. The van der Waals surface area contributed by atoms with Crippen molar-refractivity contribution >= 4 is 11.6 Å². The van der Waals surface area contributed by atoms with E-state index in [2.05, 4.69) is 5.32 Å². The van der Waals surface area contributed by atoms with E-state index >= 15 is 0 Å². The highest BCUT2D eigenvalue weighted by atomic mass is 35.5. The predicted molar refractivity (Wildman–Crippen MR) is 88.2 cm³/mol. The highest BCUT2D eigenvalue weighted by molar-refractivity contribution is 6.30. The van der Waals surface area contributed by atoms with Gasteiger partial charge in [-0.25, -0.2) is 0 Å². The molecule has 3 atom stereocenters. The average Bonchev–Trinajstić information content (AvgIpc) is 2.88. The molecule has 0 spiro atoms. The van der Waals surface area contributed by atoms with Crippen molar-refractivity contribution in [1.82, 2.24) is 5.32 Å². The monoisotopic (exact) mass is 351 g/mol. The van der Waals surface area contributed by atoms with Crippen molar-refractivity contribution in [3.8, 4) is 0 Å². The van der Waals surface area contributed by atoms with Crippen LogP contribution in [0.4, 0.5) is 13.2 Å². The summed E-state index contributed by atoms with van der Waals surface area (Å²) < 4.78 is 38.5. The summed E-state index contributed by atoms with van der Waals surface area (Å²) in [6.07, 6.45) is -2.15. The van der Waals surface area contributed by atoms with Crippen molar-refractivity contribution in [2.24, 2.45) is 5.92 Å². The summed E-state index contributed by atoms with van der Waals surface area (Å²) in [5, 5.41) is 4.26. The van der Waals surface area contributed by atoms with Crippen LogP contribution < -0.4 is 5.32 Å². The number of nitrogens with one attached hydrogen (secondary N) is 1. The quantitative estimate of drug-likeness (QED) is 0.710. The molecule has 0 bridgehead atoms. The molecule has 3 unspecified atom stereocenters. The molecule has 24 heavy (non-hydrogen) atoms. The molecule has 0 saturated carbocycles. The summed E-state index contributed by atoms with van der Waals surface area (Å²) >= 11 is 6.17. The first-order chi connectivity index (χ1) is 11.4. The number of halogens is 4. The van der Waals surface area contributed by atoms with E-state index < -0.39 is 11.7 Å². The summed E-state index contributed by atoms with van der Waals surface area (Å²) in [7, 11) is 0. The molecule has 1 nitrogen and oxygen atoms in total. The molecule has 4 rings (SSSR count). The fourth-order valence-corrected chi connectivity index (χ4v) is 4.43. The highest BCUT2D eigenvalue weighted by Crippen LogP contribution is 2.52. The second-order valence-electron chi connectivity index (χ2n) is 6.61. The van der Waals surface area contributed by atoms with E-state index in [1.54, 1.807) is 12.1 Å². The van der Waals surface area contributed by atoms with E-state index in [0.29, 0.717) is 10.9 Å². The molecule has 126 valence electrons. The number of alkyl halides is 3. The molecule has 1 aliphatic carbocycles. The third-order valence-corrected chi connectivity index (χ3v) is 5.49. The van der Waals surface area contributed by atoms with Crippen LogP contribution in [0.5, 0.6) is 0 Å². The van der Waals surface area contributed by atoms with Gasteiger partial charge in [-0.2, -0.15) is 13.2 Å². The molecule has 1 saturated heterocycles. The van der Waals surface area contributed by atoms with Crippen LogP contribution in [-0.4, -0.2) is 6.54 Å². The summed E-state index contributed by atoms with van der Waals surface area (Å²) in [5.41, 5.74) is 2.72. The molecule has 2 aromatic carbocycles. The van der Waals surface area contributed by atoms with Gasteiger partial charge in [0, 0.05) is 17.0 Å². The molecular weight excluding hydrogens is 335 g/mol. The summed E-state index contributed by atoms with van der Waals surface area (Å²) in [5.74, 6) is 0.487. The van der Waals surface area contributed by atoms with Gasteiger partial charge in [-0.3, -0.25) is 0 Å². The average molecular weight is 352 g/mol. The maximum atomic E-state index is 12.8. The van der Waals surface area contributed by atoms with Crippen molar-refractivity contribution in [3.63, 3.8) is 0 Å². The van der Waals surface area contributed by atoms with Gasteiger partial charge in [-0.15, -0.1) is 0 Å². The number of rotatable bonds is 1. The molecule has 1 fully saturated rings. The Morgan fingerprint density at radius 1 is 1.00 bits per heavy atom. The molecule has 1 aliphatic heterocycles. The van der Waals surface area contributed by atoms with Crippen molar-refractivity contribution in [3.05, 3.63) is 69.7 Å². The van der Waals surface area contributed by atoms with E-state index in [0.717, 1.165) is 24.9 Å². The Bertz CT molecular complexity index is 754. The Hall–Kier alpha value is -1.52. The Kier molecular flexibility index (Phi) is 3.85. The second-order valence-corrected chi connectivity index (χ2v) is 7.04. The van der Waals surface area contributed by atoms with Gasteiger partial charge in [0.1, 0.15) is 0 Å². The minimum absolute atomic E-state index is 0.123. The van der Waals surface area contributed by atoms with Crippen LogP contribution in [0.2, 0.25) is 5.02 Å². The van der Waals surface area contributed by atoms with Crippen molar-refractivity contribution < 1.29 is 13.2 Å². The van der Waals surface area contributed by atoms with Crippen LogP contribution in [0.15, 0.2) is 42.5 Å². The van der Waals surface area contributed by atoms with Gasteiger partial charge in [0.2, 0.25) is 0 Å². The minimum Gasteiger partial charge on any atom is -0.310 e. The third kappa shape index (κ3) is 2.62. The zero-order valence-electron chi connectivity index (χ0n) is 12.9. The smallest absolute Gasteiger partial charge is 0.310 e. The van der Waals surface area contributed by atoms with Crippen molar-refractivity contribution in [2.45, 2.75) is 31.0 Å². The lowest BCUT2D eigenvalue weighted by Crippen LogP contribution is -2.32. The Morgan fingerprint density at radius 3 is 2.46 bits per heavy atom. The number of hydrogen-bond acceptors (Lipinski definition) is 1. The number of fused-ring (bicyclic) bond motifs is 3. The third-order valence-electron chi connectivity index (χ3n) is 5.25. The van der Waals surface area contributed by atoms with E-state index in [9.17, 15) is 13.2 Å². The van der Waals surface area contributed by atoms with Gasteiger partial charge in [0.15, 0.2) is 0 Å². The molecule has 1 N–H and O–H groups in total. The molecule has 0 aromatic heterocycles. The SMILES string of the molecule is FC(F)(F)c1ccc(C2c3ccc(Cl)cc3C3NCCCC32)cc1. The van der Waals surface area contributed by atoms with E-state index in [4.69, 9.17) is 11.6 Å². The summed E-state index contributed by atoms with van der Waals surface area (Å²) in [6, 6.07) is 11.8. The first-order valence-corrected chi connectivity index (χ1v) is 8.53. The fourth-order valence-electron chi connectivity index (χ4n) is 4.25. The Balaban J connectivity index is 1.77. The second kappa shape index (κ2) is 5.78. The number of hydrogen-bond donors (Lipinski definition) is 1. The van der Waals surface area contributed by atoms with Gasteiger partial charge < -0.3 is 5.32 Å². The predicted octanol–water partition coefficient (Wildman–Crippen LogP) is 5.55. The fraction of sp³-hybridized carbons (Fsp3) is 0.368. The van der Waals surface area contributed by atoms with Crippen LogP contribution in [0.3, 0.4) is 0 Å².